The Labute approximate surface area is 440 Å². The van der Waals surface area contributed by atoms with Crippen LogP contribution >= 0.6 is 14.5 Å². The van der Waals surface area contributed by atoms with Crippen LogP contribution in [0.5, 0.6) is 5.75 Å². The van der Waals surface area contributed by atoms with E-state index in [1.54, 1.807) is 0 Å². The van der Waals surface area contributed by atoms with Gasteiger partial charge in [0, 0.05) is 11.1 Å². The molecular weight excluding hydrogens is 1010 g/mol. The largest absolute Gasteiger partial charge is 0.860 e. The fraction of sp³-hybridized carbons (Fsp3) is 0.0968. The lowest BCUT2D eigenvalue weighted by Crippen LogP contribution is -2.50. The highest BCUT2D eigenvalue weighted by Crippen LogP contribution is 2.57. The molecule has 9 rings (SSSR count). The van der Waals surface area contributed by atoms with Crippen LogP contribution in [0.4, 0.5) is 26.3 Å². The lowest BCUT2D eigenvalue weighted by Gasteiger charge is -2.27. The Morgan fingerprint density at radius 3 is 0.842 bits per heavy atom. The number of carbonyl (C=O) groups is 2. The van der Waals surface area contributed by atoms with E-state index in [-0.39, 0.29) is 29.8 Å². The second-order valence-corrected chi connectivity index (χ2v) is 24.6. The Kier molecular flexibility index (Phi) is 18.8. The summed E-state index contributed by atoms with van der Waals surface area (Å²) in [6, 6.07) is 79.3. The molecule has 0 saturated carbocycles. The molecule has 9 aromatic rings. The monoisotopic (exact) mass is 1060 g/mol. The first-order valence-corrected chi connectivity index (χ1v) is 27.9. The Hall–Kier alpha value is -7.46. The second kappa shape index (κ2) is 25.4. The summed E-state index contributed by atoms with van der Waals surface area (Å²) in [6.07, 6.45) is -9.15. The zero-order chi connectivity index (χ0) is 54.4. The van der Waals surface area contributed by atoms with Gasteiger partial charge in [-0.2, -0.15) is 26.3 Å². The third kappa shape index (κ3) is 14.1. The Morgan fingerprint density at radius 2 is 0.632 bits per heavy atom. The Bertz CT molecular complexity index is 2850. The lowest BCUT2D eigenvalue weighted by molar-refractivity contribution is -0.372. The maximum absolute atomic E-state index is 13.5. The van der Waals surface area contributed by atoms with Crippen molar-refractivity contribution in [2.24, 2.45) is 0 Å². The number of carbonyl (C=O) groups excluding carboxylic acids is 2. The van der Waals surface area contributed by atoms with Crippen LogP contribution in [0.3, 0.4) is 0 Å². The molecule has 0 radical (unpaired) electrons. The molecule has 0 saturated heterocycles. The molecule has 76 heavy (non-hydrogen) atoms. The zero-order valence-corrected chi connectivity index (χ0v) is 43.2. The molecule has 0 unspecified atom stereocenters. The molecule has 0 heterocycles. The maximum Gasteiger partial charge on any atom is 0.416 e. The van der Waals surface area contributed by atoms with Gasteiger partial charge in [-0.15, -0.1) is 0 Å². The lowest BCUT2D eigenvalue weighted by atomic mass is 10.1. The molecule has 9 aromatic carbocycles. The number of ketones is 2. The van der Waals surface area contributed by atoms with Gasteiger partial charge in [-0.3, -0.25) is 9.59 Å². The SMILES string of the molecule is Cc1ccc(C(=O)C[P+](c2ccccc2)(c2ccccc2)c2ccccc2)cc1.Cc1ccc(C(=O)C[P+](c2ccccc2)(c2ccccc2)c2ccccc2)cc1.[O-]B([O-])Oc1cc(C(F)(F)F)cc(C(F)(F)F)c1. The summed E-state index contributed by atoms with van der Waals surface area (Å²) < 4.78 is 77.5. The summed E-state index contributed by atoms with van der Waals surface area (Å²) in [7, 11) is -7.29. The van der Waals surface area contributed by atoms with Crippen LogP contribution < -0.4 is 46.5 Å². The van der Waals surface area contributed by atoms with E-state index >= 15 is 0 Å². The quantitative estimate of drug-likeness (QED) is 0.0468. The smallest absolute Gasteiger partial charge is 0.416 e. The average Bonchev–Trinajstić information content (AvgIpc) is 3.44. The molecule has 0 aliphatic heterocycles. The van der Waals surface area contributed by atoms with E-state index in [0.717, 1.165) is 22.3 Å². The van der Waals surface area contributed by atoms with Crippen molar-refractivity contribution in [3.05, 3.63) is 282 Å². The van der Waals surface area contributed by atoms with Gasteiger partial charge >= 0.3 is 12.4 Å². The minimum Gasteiger partial charge on any atom is -0.860 e. The van der Waals surface area contributed by atoms with Gasteiger partial charge in [0.05, 0.1) is 16.9 Å². The van der Waals surface area contributed by atoms with E-state index in [9.17, 15) is 46.0 Å². The van der Waals surface area contributed by atoms with Crippen molar-refractivity contribution in [2.75, 3.05) is 12.3 Å². The first-order valence-electron chi connectivity index (χ1n) is 24.0. The number of alkyl halides is 6. The first-order chi connectivity index (χ1) is 36.4. The number of rotatable bonds is 14. The second-order valence-electron chi connectivity index (χ2n) is 17.7. The molecule has 0 amide bonds. The van der Waals surface area contributed by atoms with E-state index in [2.05, 4.69) is 150 Å². The molecule has 0 aliphatic carbocycles. The van der Waals surface area contributed by atoms with E-state index in [0.29, 0.717) is 12.3 Å². The van der Waals surface area contributed by atoms with E-state index in [4.69, 9.17) is 0 Å². The number of benzene rings is 9. The number of hydrogen-bond donors (Lipinski definition) is 0. The van der Waals surface area contributed by atoms with Crippen molar-refractivity contribution in [2.45, 2.75) is 26.2 Å². The highest BCUT2D eigenvalue weighted by Gasteiger charge is 2.48. The molecular formula is C62H51BF6O5P2. The highest BCUT2D eigenvalue weighted by atomic mass is 31.2. The minimum absolute atomic E-state index is 0.141. The zero-order valence-electron chi connectivity index (χ0n) is 41.4. The molecule has 0 spiro atoms. The van der Waals surface area contributed by atoms with Gasteiger partial charge in [0.15, 0.2) is 0 Å². The Balaban J connectivity index is 0.000000171. The minimum atomic E-state index is -5.05. The fourth-order valence-corrected chi connectivity index (χ4v) is 16.9. The molecule has 14 heteroatoms. The van der Waals surface area contributed by atoms with Gasteiger partial charge in [0.25, 0.3) is 0 Å². The molecule has 384 valence electrons. The van der Waals surface area contributed by atoms with Gasteiger partial charge in [-0.1, -0.05) is 169 Å². The number of halogens is 6. The van der Waals surface area contributed by atoms with Crippen LogP contribution in [-0.4, -0.2) is 31.2 Å². The molecule has 0 atom stereocenters. The molecule has 0 bridgehead atoms. The van der Waals surface area contributed by atoms with Crippen molar-refractivity contribution in [3.63, 3.8) is 0 Å². The first kappa shape index (κ1) is 56.3. The van der Waals surface area contributed by atoms with Gasteiger partial charge in [-0.25, -0.2) is 0 Å². The van der Waals surface area contributed by atoms with Crippen molar-refractivity contribution < 1.29 is 50.6 Å². The van der Waals surface area contributed by atoms with Gasteiger partial charge in [-0.05, 0) is 105 Å². The van der Waals surface area contributed by atoms with Crippen LogP contribution in [-0.2, 0) is 12.4 Å². The van der Waals surface area contributed by atoms with Crippen LogP contribution in [0, 0.1) is 13.8 Å². The third-order valence-corrected chi connectivity index (χ3v) is 21.1. The van der Waals surface area contributed by atoms with E-state index < -0.39 is 51.1 Å². The number of hydrogen-bond acceptors (Lipinski definition) is 5. The fourth-order valence-electron chi connectivity index (χ4n) is 8.73. The third-order valence-electron chi connectivity index (χ3n) is 12.5. The standard InChI is InChI=1S/2C27H24OP.C8H3BF6O3/c2*1-22-17-19-23(20-18-22)27(28)21-29(24-11-5-2-6-12-24,25-13-7-3-8-14-25)26-15-9-4-10-16-26;10-7(11,12)4-1-5(8(13,14)15)3-6(2-4)18-9(16)17/h2*2-20H,21H2,1H3;1-3H/q2*+1;-2. The molecule has 0 N–H and O–H groups in total. The van der Waals surface area contributed by atoms with Crippen LogP contribution in [0.15, 0.2) is 249 Å². The van der Waals surface area contributed by atoms with Crippen molar-refractivity contribution in [1.29, 1.82) is 0 Å². The number of Topliss-reactive ketones (excluding diaryl/α,β-unsaturated/α-hetero) is 2. The molecule has 5 nitrogen and oxygen atoms in total. The maximum atomic E-state index is 13.5. The Morgan fingerprint density at radius 1 is 0.395 bits per heavy atom. The van der Waals surface area contributed by atoms with Gasteiger partial charge in [0.1, 0.15) is 66.0 Å². The summed E-state index contributed by atoms with van der Waals surface area (Å²) in [4.78, 5) is 27.0. The average molecular weight is 1060 g/mol. The molecule has 0 fully saturated rings. The van der Waals surface area contributed by atoms with Crippen LogP contribution in [0.1, 0.15) is 43.0 Å². The summed E-state index contributed by atoms with van der Waals surface area (Å²) in [5, 5.41) is 27.6. The summed E-state index contributed by atoms with van der Waals surface area (Å²) in [5.41, 5.74) is 0.570. The van der Waals surface area contributed by atoms with Crippen molar-refractivity contribution in [3.8, 4) is 5.75 Å². The predicted octanol–water partition coefficient (Wildman–Crippen LogP) is 11.2. The number of aryl methyl sites for hydroxylation is 2. The predicted molar refractivity (Wildman–Crippen MR) is 294 cm³/mol. The van der Waals surface area contributed by atoms with Gasteiger partial charge in [0.2, 0.25) is 11.6 Å². The highest BCUT2D eigenvalue weighted by molar-refractivity contribution is 7.96. The summed E-state index contributed by atoms with van der Waals surface area (Å²) in [5.74, 6) is -0.697. The van der Waals surface area contributed by atoms with Crippen LogP contribution in [0.25, 0.3) is 0 Å². The van der Waals surface area contributed by atoms with E-state index in [1.165, 1.54) is 31.8 Å². The normalized spacial score (nSPS) is 11.5. The summed E-state index contributed by atoms with van der Waals surface area (Å²) >= 11 is 0. The molecule has 0 aromatic heterocycles. The molecule has 0 aliphatic rings. The van der Waals surface area contributed by atoms with Crippen LogP contribution in [0.2, 0.25) is 0 Å². The van der Waals surface area contributed by atoms with Crippen molar-refractivity contribution >= 4 is 65.2 Å². The topological polar surface area (TPSA) is 89.5 Å². The van der Waals surface area contributed by atoms with Crippen molar-refractivity contribution in [1.82, 2.24) is 0 Å². The van der Waals surface area contributed by atoms with Gasteiger partial charge < -0.3 is 14.7 Å². The van der Waals surface area contributed by atoms with E-state index in [1.807, 2.05) is 98.8 Å². The summed E-state index contributed by atoms with van der Waals surface area (Å²) in [6.45, 7) is 4.09.